The molecule has 1 amide bonds. The van der Waals surface area contributed by atoms with Gasteiger partial charge in [-0.2, -0.15) is 4.98 Å². The third-order valence-corrected chi connectivity index (χ3v) is 7.69. The lowest BCUT2D eigenvalue weighted by Crippen LogP contribution is -2.44. The number of amides is 1. The fourth-order valence-electron chi connectivity index (χ4n) is 5.41. The van der Waals surface area contributed by atoms with E-state index in [-0.39, 0.29) is 23.6 Å². The predicted octanol–water partition coefficient (Wildman–Crippen LogP) is 3.28. The molecule has 0 bridgehead atoms. The normalized spacial score (nSPS) is 20.2. The molecule has 0 radical (unpaired) electrons. The van der Waals surface area contributed by atoms with Crippen molar-refractivity contribution in [2.75, 3.05) is 43.4 Å². The van der Waals surface area contributed by atoms with Crippen LogP contribution < -0.4 is 21.1 Å². The number of pyridine rings is 1. The van der Waals surface area contributed by atoms with E-state index in [4.69, 9.17) is 11.4 Å². The number of anilines is 3. The van der Waals surface area contributed by atoms with E-state index in [1.807, 2.05) is 19.1 Å². The molecule has 0 atom stereocenters. The van der Waals surface area contributed by atoms with Gasteiger partial charge in [0.1, 0.15) is 5.65 Å². The molecule has 2 aromatic heterocycles. The Bertz CT molecular complexity index is 1390. The summed E-state index contributed by atoms with van der Waals surface area (Å²) in [5, 5.41) is 7.06. The number of terminal acetylenes is 1. The maximum absolute atomic E-state index is 13.2. The first-order chi connectivity index (χ1) is 18.4. The average molecular weight is 514 g/mol. The van der Waals surface area contributed by atoms with Crippen molar-refractivity contribution in [1.29, 1.82) is 0 Å². The Hall–Kier alpha value is -3.90. The highest BCUT2D eigenvalue weighted by Crippen LogP contribution is 2.31. The molecule has 1 aromatic carbocycles. The van der Waals surface area contributed by atoms with E-state index < -0.39 is 0 Å². The lowest BCUT2D eigenvalue weighted by molar-refractivity contribution is -0.121. The van der Waals surface area contributed by atoms with Crippen molar-refractivity contribution >= 4 is 34.3 Å². The van der Waals surface area contributed by atoms with Gasteiger partial charge in [0.2, 0.25) is 11.9 Å². The van der Waals surface area contributed by atoms with Crippen LogP contribution >= 0.6 is 0 Å². The Kier molecular flexibility index (Phi) is 7.61. The van der Waals surface area contributed by atoms with Gasteiger partial charge in [0.25, 0.3) is 5.56 Å². The lowest BCUT2D eigenvalue weighted by atomic mass is 9.90. The quantitative estimate of drug-likeness (QED) is 0.489. The Morgan fingerprint density at radius 1 is 1.11 bits per heavy atom. The molecule has 3 aromatic rings. The van der Waals surface area contributed by atoms with E-state index in [9.17, 15) is 9.59 Å². The van der Waals surface area contributed by atoms with Crippen LogP contribution in [-0.4, -0.2) is 64.6 Å². The highest BCUT2D eigenvalue weighted by atomic mass is 16.1. The van der Waals surface area contributed by atoms with Crippen molar-refractivity contribution in [3.63, 3.8) is 0 Å². The first kappa shape index (κ1) is 25.7. The number of carbonyl (C=O) groups excluding carboxylic acids is 1. The summed E-state index contributed by atoms with van der Waals surface area (Å²) in [5.74, 6) is 3.09. The van der Waals surface area contributed by atoms with Gasteiger partial charge in [-0.1, -0.05) is 12.8 Å². The van der Waals surface area contributed by atoms with Gasteiger partial charge < -0.3 is 20.4 Å². The van der Waals surface area contributed by atoms with Gasteiger partial charge in [-0.15, -0.1) is 6.42 Å². The fourth-order valence-corrected chi connectivity index (χ4v) is 5.41. The van der Waals surface area contributed by atoms with E-state index in [0.29, 0.717) is 29.0 Å². The van der Waals surface area contributed by atoms with Crippen LogP contribution in [0.5, 0.6) is 0 Å². The van der Waals surface area contributed by atoms with Crippen molar-refractivity contribution in [2.24, 2.45) is 0 Å². The first-order valence-corrected chi connectivity index (χ1v) is 13.4. The number of nitrogens with one attached hydrogen (secondary N) is 2. The standard InChI is InChI=1S/C29H35N7O2/c1-4-20-18-27(38)36(24-12-8-21(9-13-24)31-26(37)5-2)28-25(20)19-30-29(33-28)32-22-6-10-23(11-7-22)35-16-14-34(3)15-17-35/h1,6-7,10-11,18-19,21,24H,5,8-9,12-17H2,2-3H3,(H,31,37)(H,30,32,33). The van der Waals surface area contributed by atoms with Gasteiger partial charge in [-0.3, -0.25) is 14.2 Å². The second-order valence-electron chi connectivity index (χ2n) is 10.2. The topological polar surface area (TPSA) is 95.4 Å². The zero-order valence-corrected chi connectivity index (χ0v) is 22.1. The van der Waals surface area contributed by atoms with Crippen LogP contribution in [0.2, 0.25) is 0 Å². The van der Waals surface area contributed by atoms with Crippen molar-refractivity contribution in [1.82, 2.24) is 24.8 Å². The zero-order chi connectivity index (χ0) is 26.6. The molecule has 1 aliphatic heterocycles. The van der Waals surface area contributed by atoms with Crippen LogP contribution in [0, 0.1) is 12.3 Å². The van der Waals surface area contributed by atoms with Gasteiger partial charge in [-0.25, -0.2) is 4.98 Å². The maximum Gasteiger partial charge on any atom is 0.253 e. The molecule has 38 heavy (non-hydrogen) atoms. The summed E-state index contributed by atoms with van der Waals surface area (Å²) in [6, 6.07) is 9.90. The minimum atomic E-state index is -0.160. The van der Waals surface area contributed by atoms with Crippen molar-refractivity contribution in [3.8, 4) is 12.3 Å². The Balaban J connectivity index is 1.38. The number of rotatable bonds is 6. The molecule has 9 heteroatoms. The highest BCUT2D eigenvalue weighted by Gasteiger charge is 2.26. The van der Waals surface area contributed by atoms with Crippen LogP contribution in [-0.2, 0) is 4.79 Å². The summed E-state index contributed by atoms with van der Waals surface area (Å²) in [6.07, 6.45) is 11.1. The summed E-state index contributed by atoms with van der Waals surface area (Å²) in [6.45, 7) is 5.99. The van der Waals surface area contributed by atoms with E-state index in [0.717, 1.165) is 57.5 Å². The Morgan fingerprint density at radius 2 is 1.82 bits per heavy atom. The second kappa shape index (κ2) is 11.2. The molecular formula is C29H35N7O2. The first-order valence-electron chi connectivity index (χ1n) is 13.4. The van der Waals surface area contributed by atoms with Gasteiger partial charge >= 0.3 is 0 Å². The number of carbonyl (C=O) groups is 1. The van der Waals surface area contributed by atoms with Gasteiger partial charge in [0, 0.05) is 73.9 Å². The van der Waals surface area contributed by atoms with Crippen molar-refractivity contribution < 1.29 is 4.79 Å². The summed E-state index contributed by atoms with van der Waals surface area (Å²) in [5.41, 5.74) is 2.94. The average Bonchev–Trinajstić information content (AvgIpc) is 2.94. The predicted molar refractivity (Wildman–Crippen MR) is 151 cm³/mol. The van der Waals surface area contributed by atoms with E-state index in [2.05, 4.69) is 50.5 Å². The number of fused-ring (bicyclic) bond motifs is 1. The van der Waals surface area contributed by atoms with Crippen LogP contribution in [0.3, 0.4) is 0 Å². The van der Waals surface area contributed by atoms with Crippen molar-refractivity contribution in [2.45, 2.75) is 51.1 Å². The summed E-state index contributed by atoms with van der Waals surface area (Å²) in [4.78, 5) is 39.0. The SMILES string of the molecule is C#Cc1cc(=O)n(C2CCC(NC(=O)CC)CC2)c2nc(Nc3ccc(N4CCN(C)CC4)cc3)ncc12. The number of piperazine rings is 1. The fraction of sp³-hybridized carbons (Fsp3) is 0.448. The molecule has 1 aliphatic carbocycles. The largest absolute Gasteiger partial charge is 0.369 e. The number of aromatic nitrogens is 3. The van der Waals surface area contributed by atoms with Gasteiger partial charge in [0.05, 0.1) is 5.39 Å². The van der Waals surface area contributed by atoms with Gasteiger partial charge in [0.15, 0.2) is 0 Å². The van der Waals surface area contributed by atoms with Crippen LogP contribution in [0.25, 0.3) is 11.0 Å². The van der Waals surface area contributed by atoms with E-state index >= 15 is 0 Å². The zero-order valence-electron chi connectivity index (χ0n) is 22.1. The van der Waals surface area contributed by atoms with E-state index in [1.165, 1.54) is 11.8 Å². The number of benzene rings is 1. The summed E-state index contributed by atoms with van der Waals surface area (Å²) >= 11 is 0. The number of hydrogen-bond donors (Lipinski definition) is 2. The lowest BCUT2D eigenvalue weighted by Gasteiger charge is -2.34. The number of likely N-dealkylation sites (N-methyl/N-ethyl adjacent to an activating group) is 1. The van der Waals surface area contributed by atoms with Gasteiger partial charge in [-0.05, 0) is 57.0 Å². The number of hydrogen-bond acceptors (Lipinski definition) is 7. The molecule has 2 N–H and O–H groups in total. The third kappa shape index (κ3) is 5.50. The smallest absolute Gasteiger partial charge is 0.253 e. The summed E-state index contributed by atoms with van der Waals surface area (Å²) < 4.78 is 1.76. The highest BCUT2D eigenvalue weighted by molar-refractivity contribution is 5.82. The third-order valence-electron chi connectivity index (χ3n) is 7.69. The molecule has 2 aliphatic rings. The van der Waals surface area contributed by atoms with Crippen LogP contribution in [0.15, 0.2) is 41.3 Å². The van der Waals surface area contributed by atoms with Crippen LogP contribution in [0.4, 0.5) is 17.3 Å². The van der Waals surface area contributed by atoms with E-state index in [1.54, 1.807) is 10.8 Å². The Morgan fingerprint density at radius 3 is 2.47 bits per heavy atom. The molecule has 5 rings (SSSR count). The molecule has 0 unspecified atom stereocenters. The monoisotopic (exact) mass is 513 g/mol. The molecule has 1 saturated heterocycles. The molecule has 2 fully saturated rings. The molecule has 0 spiro atoms. The van der Waals surface area contributed by atoms with Crippen molar-refractivity contribution in [3.05, 3.63) is 52.4 Å². The molecule has 1 saturated carbocycles. The van der Waals surface area contributed by atoms with Crippen LogP contribution in [0.1, 0.15) is 50.6 Å². The molecule has 3 heterocycles. The summed E-state index contributed by atoms with van der Waals surface area (Å²) in [7, 11) is 2.15. The minimum Gasteiger partial charge on any atom is -0.369 e. The minimum absolute atomic E-state index is 0.0165. The maximum atomic E-state index is 13.2. The Labute approximate surface area is 223 Å². The molecule has 9 nitrogen and oxygen atoms in total. The molecule has 198 valence electrons. The second-order valence-corrected chi connectivity index (χ2v) is 10.2. The number of nitrogens with zero attached hydrogens (tertiary/aromatic N) is 5. The molecular weight excluding hydrogens is 478 g/mol.